The third kappa shape index (κ3) is 3.73. The lowest BCUT2D eigenvalue weighted by Crippen LogP contribution is -2.56. The van der Waals surface area contributed by atoms with Gasteiger partial charge in [-0.3, -0.25) is 9.59 Å². The largest absolute Gasteiger partial charge is 0.353 e. The van der Waals surface area contributed by atoms with Gasteiger partial charge in [-0.25, -0.2) is 0 Å². The van der Waals surface area contributed by atoms with Crippen molar-refractivity contribution in [3.63, 3.8) is 0 Å². The summed E-state index contributed by atoms with van der Waals surface area (Å²) in [5.74, 6) is -0.0901. The van der Waals surface area contributed by atoms with Crippen LogP contribution in [0.2, 0.25) is 0 Å². The van der Waals surface area contributed by atoms with Crippen molar-refractivity contribution in [2.75, 3.05) is 19.6 Å². The van der Waals surface area contributed by atoms with Gasteiger partial charge in [0, 0.05) is 24.7 Å². The first-order valence-electron chi connectivity index (χ1n) is 8.50. The molecule has 2 fully saturated rings. The highest BCUT2D eigenvalue weighted by Gasteiger charge is 2.45. The van der Waals surface area contributed by atoms with Crippen molar-refractivity contribution in [2.24, 2.45) is 0 Å². The predicted molar refractivity (Wildman–Crippen MR) is 96.4 cm³/mol. The zero-order valence-electron chi connectivity index (χ0n) is 14.1. The average molecular weight is 352 g/mol. The highest BCUT2D eigenvalue weighted by molar-refractivity contribution is 5.99. The Labute approximate surface area is 149 Å². The van der Waals surface area contributed by atoms with E-state index in [4.69, 9.17) is 0 Å². The van der Waals surface area contributed by atoms with Gasteiger partial charge in [-0.1, -0.05) is 18.2 Å². The van der Waals surface area contributed by atoms with E-state index in [1.807, 2.05) is 25.1 Å². The van der Waals surface area contributed by atoms with Gasteiger partial charge in [-0.2, -0.15) is 0 Å². The lowest BCUT2D eigenvalue weighted by molar-refractivity contribution is -0.129. The van der Waals surface area contributed by atoms with Crippen LogP contribution in [-0.4, -0.2) is 47.9 Å². The van der Waals surface area contributed by atoms with Crippen LogP contribution in [0.1, 0.15) is 43.0 Å². The summed E-state index contributed by atoms with van der Waals surface area (Å²) in [6.07, 6.45) is 3.85. The molecular weight excluding hydrogens is 326 g/mol. The molecule has 0 spiro atoms. The Hall–Kier alpha value is -1.59. The summed E-state index contributed by atoms with van der Waals surface area (Å²) in [7, 11) is 0. The first-order chi connectivity index (χ1) is 11.1. The second kappa shape index (κ2) is 7.99. The molecule has 2 unspecified atom stereocenters. The van der Waals surface area contributed by atoms with Crippen LogP contribution in [0.5, 0.6) is 0 Å². The van der Waals surface area contributed by atoms with Crippen LogP contribution in [0.15, 0.2) is 30.3 Å². The molecule has 1 aromatic rings. The van der Waals surface area contributed by atoms with Crippen molar-refractivity contribution in [2.45, 2.75) is 44.2 Å². The van der Waals surface area contributed by atoms with Gasteiger partial charge in [-0.05, 0) is 51.3 Å². The van der Waals surface area contributed by atoms with Crippen molar-refractivity contribution in [3.8, 4) is 0 Å². The smallest absolute Gasteiger partial charge is 0.254 e. The SMILES string of the molecule is CC1(C(=O)NCC2CCCN2)CCCN1C(=O)c1ccccc1.Cl. The van der Waals surface area contributed by atoms with Crippen LogP contribution in [0.25, 0.3) is 0 Å². The fourth-order valence-corrected chi connectivity index (χ4v) is 3.60. The molecular formula is C18H26ClN3O2. The minimum absolute atomic E-state index is 0. The molecule has 1 aromatic carbocycles. The van der Waals surface area contributed by atoms with Gasteiger partial charge < -0.3 is 15.5 Å². The van der Waals surface area contributed by atoms with Crippen molar-refractivity contribution in [3.05, 3.63) is 35.9 Å². The van der Waals surface area contributed by atoms with Crippen LogP contribution >= 0.6 is 12.4 Å². The molecule has 2 amide bonds. The maximum atomic E-state index is 12.8. The molecule has 5 nitrogen and oxygen atoms in total. The van der Waals surface area contributed by atoms with Crippen LogP contribution in [-0.2, 0) is 4.79 Å². The van der Waals surface area contributed by atoms with Crippen LogP contribution < -0.4 is 10.6 Å². The summed E-state index contributed by atoms with van der Waals surface area (Å²) < 4.78 is 0. The van der Waals surface area contributed by atoms with Gasteiger partial charge in [0.2, 0.25) is 5.91 Å². The Morgan fingerprint density at radius 1 is 1.29 bits per heavy atom. The Morgan fingerprint density at radius 3 is 2.71 bits per heavy atom. The van der Waals surface area contributed by atoms with Gasteiger partial charge in [0.25, 0.3) is 5.91 Å². The van der Waals surface area contributed by atoms with Gasteiger partial charge in [0.15, 0.2) is 0 Å². The van der Waals surface area contributed by atoms with E-state index in [9.17, 15) is 9.59 Å². The molecule has 0 aromatic heterocycles. The van der Waals surface area contributed by atoms with Gasteiger partial charge in [-0.15, -0.1) is 12.4 Å². The number of hydrogen-bond donors (Lipinski definition) is 2. The molecule has 6 heteroatoms. The fraction of sp³-hybridized carbons (Fsp3) is 0.556. The maximum absolute atomic E-state index is 12.8. The number of carbonyl (C=O) groups excluding carboxylic acids is 2. The minimum Gasteiger partial charge on any atom is -0.353 e. The topological polar surface area (TPSA) is 61.4 Å². The molecule has 0 saturated carbocycles. The summed E-state index contributed by atoms with van der Waals surface area (Å²) in [5.41, 5.74) is -0.100. The van der Waals surface area contributed by atoms with Gasteiger partial charge >= 0.3 is 0 Å². The Morgan fingerprint density at radius 2 is 2.04 bits per heavy atom. The van der Waals surface area contributed by atoms with Crippen molar-refractivity contribution >= 4 is 24.2 Å². The molecule has 132 valence electrons. The summed E-state index contributed by atoms with van der Waals surface area (Å²) in [4.78, 5) is 27.2. The highest BCUT2D eigenvalue weighted by Crippen LogP contribution is 2.30. The van der Waals surface area contributed by atoms with Crippen LogP contribution in [0.3, 0.4) is 0 Å². The Balaban J connectivity index is 0.00000208. The second-order valence-corrected chi connectivity index (χ2v) is 6.70. The van der Waals surface area contributed by atoms with E-state index < -0.39 is 5.54 Å². The molecule has 2 heterocycles. The summed E-state index contributed by atoms with van der Waals surface area (Å²) >= 11 is 0. The average Bonchev–Trinajstić information content (AvgIpc) is 3.23. The minimum atomic E-state index is -0.745. The fourth-order valence-electron chi connectivity index (χ4n) is 3.60. The monoisotopic (exact) mass is 351 g/mol. The molecule has 2 saturated heterocycles. The number of carbonyl (C=O) groups is 2. The third-order valence-electron chi connectivity index (χ3n) is 5.07. The zero-order valence-corrected chi connectivity index (χ0v) is 14.9. The van der Waals surface area contributed by atoms with Crippen molar-refractivity contribution in [1.29, 1.82) is 0 Å². The molecule has 0 radical (unpaired) electrons. The first-order valence-corrected chi connectivity index (χ1v) is 8.50. The Kier molecular flexibility index (Phi) is 6.24. The lowest BCUT2D eigenvalue weighted by atomic mass is 9.96. The van der Waals surface area contributed by atoms with E-state index in [-0.39, 0.29) is 24.2 Å². The van der Waals surface area contributed by atoms with E-state index in [0.717, 1.165) is 32.2 Å². The first kappa shape index (κ1) is 18.7. The number of benzene rings is 1. The van der Waals surface area contributed by atoms with Crippen LogP contribution in [0, 0.1) is 0 Å². The van der Waals surface area contributed by atoms with E-state index in [1.54, 1.807) is 17.0 Å². The zero-order chi connectivity index (χ0) is 16.3. The molecule has 24 heavy (non-hydrogen) atoms. The number of nitrogens with zero attached hydrogens (tertiary/aromatic N) is 1. The number of hydrogen-bond acceptors (Lipinski definition) is 3. The molecule has 2 aliphatic heterocycles. The highest BCUT2D eigenvalue weighted by atomic mass is 35.5. The number of halogens is 1. The Bertz CT molecular complexity index is 575. The van der Waals surface area contributed by atoms with Crippen LogP contribution in [0.4, 0.5) is 0 Å². The predicted octanol–water partition coefficient (Wildman–Crippen LogP) is 1.97. The molecule has 3 rings (SSSR count). The number of rotatable bonds is 4. The molecule has 2 aliphatic rings. The number of amides is 2. The lowest BCUT2D eigenvalue weighted by Gasteiger charge is -2.34. The number of likely N-dealkylation sites (tertiary alicyclic amines) is 1. The van der Waals surface area contributed by atoms with Gasteiger partial charge in [0.1, 0.15) is 5.54 Å². The normalized spacial score (nSPS) is 26.0. The molecule has 2 atom stereocenters. The summed E-state index contributed by atoms with van der Waals surface area (Å²) in [6, 6.07) is 9.57. The van der Waals surface area contributed by atoms with E-state index >= 15 is 0 Å². The quantitative estimate of drug-likeness (QED) is 0.871. The van der Waals surface area contributed by atoms with Gasteiger partial charge in [0.05, 0.1) is 0 Å². The van der Waals surface area contributed by atoms with Crippen molar-refractivity contribution < 1.29 is 9.59 Å². The van der Waals surface area contributed by atoms with E-state index in [2.05, 4.69) is 10.6 Å². The molecule has 0 bridgehead atoms. The van der Waals surface area contributed by atoms with E-state index in [0.29, 0.717) is 24.7 Å². The maximum Gasteiger partial charge on any atom is 0.254 e. The summed E-state index contributed by atoms with van der Waals surface area (Å²) in [6.45, 7) is 4.19. The molecule has 0 aliphatic carbocycles. The summed E-state index contributed by atoms with van der Waals surface area (Å²) in [5, 5.41) is 6.43. The number of nitrogens with one attached hydrogen (secondary N) is 2. The molecule has 2 N–H and O–H groups in total. The standard InChI is InChI=1S/C18H25N3O2.ClH/c1-18(17(23)20-13-15-9-5-11-19-15)10-6-12-21(18)16(22)14-7-3-2-4-8-14;/h2-4,7-8,15,19H,5-6,9-13H2,1H3,(H,20,23);1H. The third-order valence-corrected chi connectivity index (χ3v) is 5.07. The van der Waals surface area contributed by atoms with Crippen molar-refractivity contribution in [1.82, 2.24) is 15.5 Å². The second-order valence-electron chi connectivity index (χ2n) is 6.70. The van der Waals surface area contributed by atoms with E-state index in [1.165, 1.54) is 0 Å².